The smallest absolute Gasteiger partial charge is 1.00 e. The molecule has 26 heavy (non-hydrogen) atoms. The molecule has 132 valence electrons. The molecule has 0 N–H and O–H groups in total. The summed E-state index contributed by atoms with van der Waals surface area (Å²) in [5.41, 5.74) is 3.19. The molecule has 6 heteroatoms. The molecule has 2 aromatic rings. The van der Waals surface area contributed by atoms with E-state index in [0.717, 1.165) is 16.7 Å². The van der Waals surface area contributed by atoms with Crippen molar-refractivity contribution < 1.29 is 21.9 Å². The van der Waals surface area contributed by atoms with Gasteiger partial charge in [0.05, 0.1) is 6.61 Å². The van der Waals surface area contributed by atoms with Crippen LogP contribution in [-0.2, 0) is 9.47 Å². The van der Waals surface area contributed by atoms with Gasteiger partial charge in [0.1, 0.15) is 12.6 Å². The summed E-state index contributed by atoms with van der Waals surface area (Å²) in [5.74, 6) is 1.27. The molecule has 0 spiro atoms. The fraction of sp³-hybridized carbons (Fsp3) is 0.250. The maximum absolute atomic E-state index is 5.79. The van der Waals surface area contributed by atoms with Crippen molar-refractivity contribution in [3.05, 3.63) is 88.6 Å². The van der Waals surface area contributed by atoms with Gasteiger partial charge in [0.15, 0.2) is 0 Å². The Labute approximate surface area is 177 Å². The Morgan fingerprint density at radius 3 is 2.19 bits per heavy atom. The maximum atomic E-state index is 5.79. The van der Waals surface area contributed by atoms with Gasteiger partial charge >= 0.3 is 23.9 Å². The monoisotopic (exact) mass is 474 g/mol. The van der Waals surface area contributed by atoms with E-state index in [4.69, 9.17) is 19.8 Å². The van der Waals surface area contributed by atoms with Gasteiger partial charge in [-0.15, -0.1) is 0 Å². The predicted molar refractivity (Wildman–Crippen MR) is 99.5 cm³/mol. The molecule has 0 aliphatic carbocycles. The average molecular weight is 474 g/mol. The number of hydrogen-bond acceptors (Lipinski definition) is 3. The molecular weight excluding hydrogens is 454 g/mol. The molecule has 0 aromatic heterocycles. The van der Waals surface area contributed by atoms with Gasteiger partial charge < -0.3 is 27.2 Å². The third-order valence-corrected chi connectivity index (χ3v) is 4.31. The Balaban J connectivity index is 0.00000121. The van der Waals surface area contributed by atoms with E-state index in [2.05, 4.69) is 24.3 Å². The number of hydrogen-bond donors (Lipinski definition) is 0. The van der Waals surface area contributed by atoms with E-state index in [-0.39, 0.29) is 48.4 Å². The quantitative estimate of drug-likeness (QED) is 0.628. The first kappa shape index (κ1) is 20.6. The molecule has 2 aliphatic rings. The fourth-order valence-corrected chi connectivity index (χ4v) is 2.94. The topological polar surface area (TPSA) is 44.9 Å². The van der Waals surface area contributed by atoms with Crippen LogP contribution >= 0.6 is 0 Å². The minimum atomic E-state index is 0. The van der Waals surface area contributed by atoms with E-state index in [1.54, 1.807) is 0 Å². The number of rotatable bonds is 3. The molecule has 4 nitrogen and oxygen atoms in total. The first-order valence-corrected chi connectivity index (χ1v) is 8.16. The van der Waals surface area contributed by atoms with Crippen molar-refractivity contribution in [3.8, 4) is 0 Å². The summed E-state index contributed by atoms with van der Waals surface area (Å²) in [4.78, 5) is 4.70. The number of benzene rings is 2. The van der Waals surface area contributed by atoms with Crippen molar-refractivity contribution in [2.24, 2.45) is 4.99 Å². The van der Waals surface area contributed by atoms with Gasteiger partial charge in [0, 0.05) is 11.5 Å². The van der Waals surface area contributed by atoms with Crippen LogP contribution in [0.1, 0.15) is 30.1 Å². The van der Waals surface area contributed by atoms with Gasteiger partial charge in [-0.2, -0.15) is 0 Å². The zero-order valence-corrected chi connectivity index (χ0v) is 18.0. The third-order valence-electron chi connectivity index (χ3n) is 4.31. The van der Waals surface area contributed by atoms with Crippen LogP contribution in [0.25, 0.3) is 5.32 Å². The van der Waals surface area contributed by atoms with Crippen LogP contribution in [0.4, 0.5) is 0 Å². The molecule has 0 unspecified atom stereocenters. The van der Waals surface area contributed by atoms with Crippen LogP contribution in [0, 0.1) is 0 Å². The summed E-state index contributed by atoms with van der Waals surface area (Å²) in [5, 5.41) is 4.70. The Hall–Kier alpha value is -1.66. The van der Waals surface area contributed by atoms with Crippen molar-refractivity contribution in [2.45, 2.75) is 19.0 Å². The molecular formula is C20H19ClN2O2Sn. The van der Waals surface area contributed by atoms with Crippen LogP contribution in [0.15, 0.2) is 77.1 Å². The molecule has 4 rings (SSSR count). The molecule has 2 aliphatic heterocycles. The van der Waals surface area contributed by atoms with Crippen molar-refractivity contribution >= 4 is 29.8 Å². The van der Waals surface area contributed by atoms with Gasteiger partial charge in [-0.05, 0) is 12.5 Å². The molecule has 2 aromatic carbocycles. The second-order valence-electron chi connectivity index (χ2n) is 5.97. The maximum Gasteiger partial charge on any atom is 2.00 e. The number of nitrogens with zero attached hydrogens (tertiary/aromatic N) is 2. The summed E-state index contributed by atoms with van der Waals surface area (Å²) >= 11 is 0. The van der Waals surface area contributed by atoms with E-state index >= 15 is 0 Å². The Morgan fingerprint density at radius 1 is 0.923 bits per heavy atom. The minimum Gasteiger partial charge on any atom is -1.00 e. The zero-order valence-electron chi connectivity index (χ0n) is 14.4. The van der Waals surface area contributed by atoms with Crippen molar-refractivity contribution in [3.63, 3.8) is 0 Å². The van der Waals surface area contributed by atoms with E-state index < -0.39 is 0 Å². The summed E-state index contributed by atoms with van der Waals surface area (Å²) < 4.78 is 11.6. The van der Waals surface area contributed by atoms with Crippen LogP contribution in [0.2, 0.25) is 0 Å². The number of aliphatic imine (C=N–C) groups is 1. The normalized spacial score (nSPS) is 22.7. The van der Waals surface area contributed by atoms with E-state index in [9.17, 15) is 0 Å². The molecule has 2 heterocycles. The van der Waals surface area contributed by atoms with E-state index in [1.165, 1.54) is 0 Å². The first-order chi connectivity index (χ1) is 11.8. The molecule has 0 bridgehead atoms. The SMILES string of the molecule is C/C(C1=N[C@@H](c2ccccc2)CO1)=C1\[N-][C@@H](c2ccccc2)CO1.[Cl-].[Sn+2]. The van der Waals surface area contributed by atoms with Crippen molar-refractivity contribution in [1.29, 1.82) is 0 Å². The number of ether oxygens (including phenoxy) is 2. The summed E-state index contributed by atoms with van der Waals surface area (Å²) in [6.07, 6.45) is 0. The van der Waals surface area contributed by atoms with Gasteiger partial charge in [-0.3, -0.25) is 0 Å². The second-order valence-corrected chi connectivity index (χ2v) is 5.97. The summed E-state index contributed by atoms with van der Waals surface area (Å²) in [6.45, 7) is 3.08. The summed E-state index contributed by atoms with van der Waals surface area (Å²) in [6, 6.07) is 20.5. The molecule has 0 amide bonds. The predicted octanol–water partition coefficient (Wildman–Crippen LogP) is 1.16. The Morgan fingerprint density at radius 2 is 1.54 bits per heavy atom. The van der Waals surface area contributed by atoms with Gasteiger partial charge in [-0.25, -0.2) is 4.99 Å². The minimum absolute atomic E-state index is 0. The van der Waals surface area contributed by atoms with Gasteiger partial charge in [-0.1, -0.05) is 72.3 Å². The Kier molecular flexibility index (Phi) is 7.41. The largest absolute Gasteiger partial charge is 2.00 e. The van der Waals surface area contributed by atoms with Crippen molar-refractivity contribution in [1.82, 2.24) is 0 Å². The van der Waals surface area contributed by atoms with Gasteiger partial charge in [0.2, 0.25) is 5.90 Å². The second kappa shape index (κ2) is 9.33. The van der Waals surface area contributed by atoms with Crippen LogP contribution in [-0.4, -0.2) is 43.0 Å². The van der Waals surface area contributed by atoms with Crippen LogP contribution in [0.5, 0.6) is 0 Å². The number of halogens is 1. The molecule has 2 radical (unpaired) electrons. The van der Waals surface area contributed by atoms with E-state index in [0.29, 0.717) is 25.0 Å². The zero-order chi connectivity index (χ0) is 16.4. The molecule has 1 fully saturated rings. The Bertz CT molecular complexity index is 781. The molecule has 1 saturated heterocycles. The standard InChI is InChI=1S/C20H19N2O2.ClH.Sn/c1-14(19-21-17(12-23-19)15-8-4-2-5-9-15)20-22-18(13-24-20)16-10-6-3-7-11-16;;/h2-11,17-18H,12-13H2,1H3;1H;/q-1;;+2/p-1/b19-14-;;/t17-,18-;;/m1../s1. The average Bonchev–Trinajstić information content (AvgIpc) is 3.33. The molecule has 0 saturated carbocycles. The molecule has 2 atom stereocenters. The fourth-order valence-electron chi connectivity index (χ4n) is 2.94. The van der Waals surface area contributed by atoms with Crippen LogP contribution in [0.3, 0.4) is 0 Å². The first-order valence-electron chi connectivity index (χ1n) is 8.16. The summed E-state index contributed by atoms with van der Waals surface area (Å²) in [7, 11) is 0. The third kappa shape index (κ3) is 4.35. The van der Waals surface area contributed by atoms with E-state index in [1.807, 2.05) is 43.3 Å². The van der Waals surface area contributed by atoms with Crippen molar-refractivity contribution in [2.75, 3.05) is 13.2 Å². The van der Waals surface area contributed by atoms with Gasteiger partial charge in [0.25, 0.3) is 0 Å². The van der Waals surface area contributed by atoms with Crippen LogP contribution < -0.4 is 12.4 Å².